The minimum absolute atomic E-state index is 0.364. The summed E-state index contributed by atoms with van der Waals surface area (Å²) in [5, 5.41) is 18.7. The number of hydrogen-bond donors (Lipinski definition) is 0. The number of nitro groups is 1. The number of pyridine rings is 1. The van der Waals surface area contributed by atoms with Crippen molar-refractivity contribution in [1.29, 1.82) is 5.26 Å². The smallest absolute Gasteiger partial charge is 0.358 e. The first-order chi connectivity index (χ1) is 6.99. The zero-order valence-corrected chi connectivity index (χ0v) is 6.95. The third-order valence-corrected chi connectivity index (χ3v) is 1.55. The third-order valence-electron chi connectivity index (χ3n) is 1.55. The van der Waals surface area contributed by atoms with Crippen molar-refractivity contribution in [3.05, 3.63) is 33.3 Å². The number of hydrogen-bond acceptors (Lipinski definition) is 4. The van der Waals surface area contributed by atoms with Crippen LogP contribution in [-0.2, 0) is 0 Å². The van der Waals surface area contributed by atoms with Gasteiger partial charge >= 0.3 is 5.82 Å². The second-order valence-electron chi connectivity index (χ2n) is 2.39. The van der Waals surface area contributed by atoms with Crippen LogP contribution in [0.25, 0.3) is 0 Å². The second-order valence-corrected chi connectivity index (χ2v) is 2.39. The molecule has 0 aromatic carbocycles. The van der Waals surface area contributed by atoms with Crippen molar-refractivity contribution < 1.29 is 18.1 Å². The molecule has 0 saturated carbocycles. The largest absolute Gasteiger partial charge is 0.373 e. The number of rotatable bonds is 2. The van der Waals surface area contributed by atoms with Crippen LogP contribution in [0, 0.1) is 27.3 Å². The van der Waals surface area contributed by atoms with E-state index in [2.05, 4.69) is 4.98 Å². The van der Waals surface area contributed by atoms with Gasteiger partial charge in [-0.05, 0) is 9.91 Å². The summed E-state index contributed by atoms with van der Waals surface area (Å²) >= 11 is 0. The highest BCUT2D eigenvalue weighted by atomic mass is 19.3. The Morgan fingerprint density at radius 3 is 2.60 bits per heavy atom. The van der Waals surface area contributed by atoms with Gasteiger partial charge in [0.1, 0.15) is 17.2 Å². The van der Waals surface area contributed by atoms with Gasteiger partial charge < -0.3 is 10.1 Å². The maximum absolute atomic E-state index is 12.8. The van der Waals surface area contributed by atoms with Crippen molar-refractivity contribution in [1.82, 2.24) is 4.98 Å². The molecule has 0 aliphatic rings. The predicted molar refractivity (Wildman–Crippen MR) is 40.5 cm³/mol. The monoisotopic (exact) mass is 217 g/mol. The minimum Gasteiger partial charge on any atom is -0.358 e. The SMILES string of the molecule is N#Cc1c(F)cnc([N+](=O)[O-])c1C(F)F. The van der Waals surface area contributed by atoms with E-state index in [1.807, 2.05) is 0 Å². The number of nitrogens with zero attached hydrogens (tertiary/aromatic N) is 3. The first kappa shape index (κ1) is 10.9. The van der Waals surface area contributed by atoms with Gasteiger partial charge in [0, 0.05) is 0 Å². The van der Waals surface area contributed by atoms with Crippen molar-refractivity contribution in [3.8, 4) is 6.07 Å². The summed E-state index contributed by atoms with van der Waals surface area (Å²) in [6.45, 7) is 0. The first-order valence-corrected chi connectivity index (χ1v) is 3.50. The van der Waals surface area contributed by atoms with Gasteiger partial charge in [-0.15, -0.1) is 0 Å². The standard InChI is InChI=1S/C7H2F3N3O2/c8-4-2-12-7(13(14)15)5(6(9)10)3(4)1-11/h2,6H. The van der Waals surface area contributed by atoms with Gasteiger partial charge in [-0.25, -0.2) is 13.2 Å². The molecule has 1 rings (SSSR count). The summed E-state index contributed by atoms with van der Waals surface area (Å²) in [6.07, 6.45) is -2.97. The molecule has 0 N–H and O–H groups in total. The highest BCUT2D eigenvalue weighted by molar-refractivity contribution is 5.47. The third kappa shape index (κ3) is 1.85. The van der Waals surface area contributed by atoms with Crippen LogP contribution < -0.4 is 0 Å². The van der Waals surface area contributed by atoms with E-state index in [0.29, 0.717) is 6.20 Å². The summed E-state index contributed by atoms with van der Waals surface area (Å²) in [5.74, 6) is -2.51. The van der Waals surface area contributed by atoms with Crippen LogP contribution >= 0.6 is 0 Å². The van der Waals surface area contributed by atoms with Crippen LogP contribution in [0.4, 0.5) is 19.0 Å². The maximum atomic E-state index is 12.8. The maximum Gasteiger partial charge on any atom is 0.373 e. The van der Waals surface area contributed by atoms with E-state index in [1.54, 1.807) is 0 Å². The highest BCUT2D eigenvalue weighted by Crippen LogP contribution is 2.31. The summed E-state index contributed by atoms with van der Waals surface area (Å²) in [5.41, 5.74) is -2.34. The average molecular weight is 217 g/mol. The van der Waals surface area contributed by atoms with Crippen LogP contribution in [0.15, 0.2) is 6.20 Å². The summed E-state index contributed by atoms with van der Waals surface area (Å²) in [6, 6.07) is 1.14. The molecule has 0 spiro atoms. The van der Waals surface area contributed by atoms with Crippen LogP contribution in [0.2, 0.25) is 0 Å². The summed E-state index contributed by atoms with van der Waals surface area (Å²) in [7, 11) is 0. The minimum atomic E-state index is -3.33. The Kier molecular flexibility index (Phi) is 2.85. The number of halogens is 3. The normalized spacial score (nSPS) is 10.1. The van der Waals surface area contributed by atoms with Gasteiger partial charge in [-0.2, -0.15) is 5.26 Å². The molecule has 0 aliphatic heterocycles. The van der Waals surface area contributed by atoms with E-state index in [-0.39, 0.29) is 0 Å². The molecule has 0 saturated heterocycles. The van der Waals surface area contributed by atoms with E-state index < -0.39 is 34.1 Å². The Balaban J connectivity index is 3.58. The molecule has 0 amide bonds. The lowest BCUT2D eigenvalue weighted by atomic mass is 10.1. The Bertz CT molecular complexity index is 456. The van der Waals surface area contributed by atoms with Crippen molar-refractivity contribution in [2.24, 2.45) is 0 Å². The molecule has 78 valence electrons. The van der Waals surface area contributed by atoms with Crippen molar-refractivity contribution in [2.75, 3.05) is 0 Å². The lowest BCUT2D eigenvalue weighted by molar-refractivity contribution is -0.391. The van der Waals surface area contributed by atoms with Gasteiger partial charge in [-0.3, -0.25) is 0 Å². The zero-order chi connectivity index (χ0) is 11.6. The molecule has 1 aromatic rings. The highest BCUT2D eigenvalue weighted by Gasteiger charge is 2.29. The molecule has 15 heavy (non-hydrogen) atoms. The molecule has 8 heteroatoms. The molecule has 0 bridgehead atoms. The van der Waals surface area contributed by atoms with Crippen LogP contribution in [0.3, 0.4) is 0 Å². The Labute approximate surface area is 80.9 Å². The van der Waals surface area contributed by atoms with E-state index in [4.69, 9.17) is 5.26 Å². The number of aromatic nitrogens is 1. The van der Waals surface area contributed by atoms with E-state index >= 15 is 0 Å². The topological polar surface area (TPSA) is 79.8 Å². The molecule has 0 radical (unpaired) electrons. The van der Waals surface area contributed by atoms with Gasteiger partial charge in [0.25, 0.3) is 6.43 Å². The molecular formula is C7H2F3N3O2. The van der Waals surface area contributed by atoms with E-state index in [0.717, 1.165) is 6.07 Å². The molecule has 0 aliphatic carbocycles. The molecule has 0 unspecified atom stereocenters. The molecule has 5 nitrogen and oxygen atoms in total. The average Bonchev–Trinajstić information content (AvgIpc) is 2.16. The fourth-order valence-electron chi connectivity index (χ4n) is 0.958. The fourth-order valence-corrected chi connectivity index (χ4v) is 0.958. The number of nitriles is 1. The Hall–Kier alpha value is -2.17. The van der Waals surface area contributed by atoms with Crippen molar-refractivity contribution >= 4 is 5.82 Å². The quantitative estimate of drug-likeness (QED) is 0.560. The lowest BCUT2D eigenvalue weighted by Crippen LogP contribution is -2.04. The Morgan fingerprint density at radius 1 is 1.60 bits per heavy atom. The van der Waals surface area contributed by atoms with Crippen LogP contribution in [0.1, 0.15) is 17.6 Å². The van der Waals surface area contributed by atoms with E-state index in [1.165, 1.54) is 0 Å². The lowest BCUT2D eigenvalue weighted by Gasteiger charge is -2.02. The van der Waals surface area contributed by atoms with Crippen molar-refractivity contribution in [3.63, 3.8) is 0 Å². The zero-order valence-electron chi connectivity index (χ0n) is 6.95. The second kappa shape index (κ2) is 3.91. The first-order valence-electron chi connectivity index (χ1n) is 3.50. The summed E-state index contributed by atoms with van der Waals surface area (Å²) < 4.78 is 37.5. The number of alkyl halides is 2. The van der Waals surface area contributed by atoms with Gasteiger partial charge in [0.15, 0.2) is 12.0 Å². The molecule has 1 aromatic heterocycles. The van der Waals surface area contributed by atoms with Gasteiger partial charge in [0.05, 0.1) is 0 Å². The molecule has 1 heterocycles. The van der Waals surface area contributed by atoms with Crippen LogP contribution in [-0.4, -0.2) is 9.91 Å². The molecule has 0 fully saturated rings. The van der Waals surface area contributed by atoms with Gasteiger partial charge in [-0.1, -0.05) is 0 Å². The Morgan fingerprint density at radius 2 is 2.20 bits per heavy atom. The molecule has 0 atom stereocenters. The predicted octanol–water partition coefficient (Wildman–Crippen LogP) is 1.94. The fraction of sp³-hybridized carbons (Fsp3) is 0.143. The van der Waals surface area contributed by atoms with Crippen LogP contribution in [0.5, 0.6) is 0 Å². The van der Waals surface area contributed by atoms with E-state index in [9.17, 15) is 23.3 Å². The van der Waals surface area contributed by atoms with Gasteiger partial charge in [0.2, 0.25) is 0 Å². The summed E-state index contributed by atoms with van der Waals surface area (Å²) in [4.78, 5) is 12.0. The molecular weight excluding hydrogens is 215 g/mol. The van der Waals surface area contributed by atoms with Crippen molar-refractivity contribution in [2.45, 2.75) is 6.43 Å².